The summed E-state index contributed by atoms with van der Waals surface area (Å²) in [5.74, 6) is -0.141. The highest BCUT2D eigenvalue weighted by Crippen LogP contribution is 2.34. The average molecular weight is 1940 g/mol. The number of piperazine rings is 5. The zero-order valence-corrected chi connectivity index (χ0v) is 78.6. The lowest BCUT2D eigenvalue weighted by Gasteiger charge is -2.30. The molecule has 0 unspecified atom stereocenters. The maximum absolute atomic E-state index is 12.8. The summed E-state index contributed by atoms with van der Waals surface area (Å²) in [4.78, 5) is 110. The van der Waals surface area contributed by atoms with Gasteiger partial charge in [0.1, 0.15) is 17.5 Å². The number of fused-ring (bicyclic) bond motifs is 5. The van der Waals surface area contributed by atoms with E-state index in [2.05, 4.69) is 158 Å². The Balaban J connectivity index is 0.000000107. The van der Waals surface area contributed by atoms with Crippen molar-refractivity contribution >= 4 is 141 Å². The highest BCUT2D eigenvalue weighted by atomic mass is 16.3. The van der Waals surface area contributed by atoms with Gasteiger partial charge in [-0.1, -0.05) is 54.6 Å². The number of carbonyl (C=O) groups excluding carboxylic acids is 5. The molecule has 5 aliphatic heterocycles. The van der Waals surface area contributed by atoms with E-state index in [4.69, 9.17) is 4.42 Å². The van der Waals surface area contributed by atoms with Gasteiger partial charge in [0.15, 0.2) is 34.3 Å². The molecule has 0 aliphatic carbocycles. The first-order valence-corrected chi connectivity index (χ1v) is 47.8. The number of nitrogens with zero attached hydrogens (tertiary/aromatic N) is 22. The van der Waals surface area contributed by atoms with E-state index >= 15 is 0 Å². The van der Waals surface area contributed by atoms with Gasteiger partial charge in [-0.25, -0.2) is 28.4 Å². The Morgan fingerprint density at radius 1 is 0.317 bits per heavy atom. The number of para-hydroxylation sites is 5. The molecule has 730 valence electrons. The van der Waals surface area contributed by atoms with Crippen molar-refractivity contribution in [2.45, 2.75) is 0 Å². The molecular weight excluding hydrogens is 1840 g/mol. The molecule has 5 aliphatic rings. The molecule has 0 radical (unpaired) electrons. The smallest absolute Gasteiger partial charge is 0.276 e. The molecule has 15 aromatic heterocycles. The quantitative estimate of drug-likeness (QED) is 0.0337. The Morgan fingerprint density at radius 3 is 1.15 bits per heavy atom. The van der Waals surface area contributed by atoms with Crippen molar-refractivity contribution in [1.29, 1.82) is 0 Å². The van der Waals surface area contributed by atoms with E-state index in [1.807, 2.05) is 164 Å². The van der Waals surface area contributed by atoms with E-state index in [1.165, 1.54) is 0 Å². The molecule has 0 saturated carbocycles. The largest absolute Gasteiger partial charge is 0.462 e. The topological polar surface area (TPSA) is 477 Å². The van der Waals surface area contributed by atoms with Crippen LogP contribution in [0.25, 0.3) is 83.5 Å². The number of nitrogens with one attached hydrogen (secondary N) is 14. The van der Waals surface area contributed by atoms with Gasteiger partial charge in [-0.3, -0.25) is 54.0 Å². The summed E-state index contributed by atoms with van der Waals surface area (Å²) in [5.41, 5.74) is 18.1. The molecule has 5 aromatic carbocycles. The molecule has 145 heavy (non-hydrogen) atoms. The summed E-state index contributed by atoms with van der Waals surface area (Å²) in [6.45, 7) is 18.0. The van der Waals surface area contributed by atoms with Gasteiger partial charge in [0, 0.05) is 238 Å². The molecule has 20 heterocycles. The van der Waals surface area contributed by atoms with Crippen LogP contribution in [0.5, 0.6) is 0 Å². The highest BCUT2D eigenvalue weighted by Gasteiger charge is 2.27. The Bertz CT molecular complexity index is 7330. The van der Waals surface area contributed by atoms with Crippen molar-refractivity contribution in [3.05, 3.63) is 322 Å². The van der Waals surface area contributed by atoms with Gasteiger partial charge >= 0.3 is 0 Å². The van der Waals surface area contributed by atoms with Crippen LogP contribution in [0.15, 0.2) is 298 Å². The molecule has 42 heteroatoms. The zero-order chi connectivity index (χ0) is 98.2. The molecule has 0 spiro atoms. The van der Waals surface area contributed by atoms with Crippen LogP contribution >= 0.6 is 0 Å². The van der Waals surface area contributed by atoms with Crippen molar-refractivity contribution in [3.8, 4) is 28.8 Å². The van der Waals surface area contributed by atoms with E-state index in [0.29, 0.717) is 68.7 Å². The van der Waals surface area contributed by atoms with Crippen LogP contribution in [-0.2, 0) is 0 Å². The standard InChI is InChI=1S/2C21H21N7O.C21H20N6O2.2C20H20N8O/c29-21(25-19-14-23-6-4-20(19)27-11-8-22-9-12-27)18-5-10-28(26-18)16-1-2-17-15(13-16)3-7-24-17;29-21(25-18-13-23-7-5-19(18)27-11-8-22-9-12-27)17-6-10-28(26-17)20-14-24-16-4-2-1-3-15(16)20;28-21(24-17-13-23-7-5-18(17)26-11-8-22-9-12-26)16-6-10-27(25-16)19-14-29-20-4-2-1-3-15(19)20;29-19(23-17-13-22-7-5-18(17)27-11-8-21-9-12-27)16-6-10-28(26-16)20-24-14-3-1-2-4-15(14)25-20;29-20(23-17-13-22-7-5-18(17)27-11-8-21-9-12-27)16-6-10-28(26-16)19-14-3-1-2-4-15(14)24-25-19/h2*1-7,10,13-14,22,24H,8-9,11-12H2,(H,25,29);1-7,10,13-14,22H,8-9,11-12H2,(H,24,28);2*1-7,10,13,21H,8-9,11-12H2,(H,23,29)(H,24,25). The summed E-state index contributed by atoms with van der Waals surface area (Å²) in [5, 5.41) is 65.0. The van der Waals surface area contributed by atoms with E-state index in [9.17, 15) is 24.0 Å². The third-order valence-electron chi connectivity index (χ3n) is 25.2. The Morgan fingerprint density at radius 2 is 0.690 bits per heavy atom. The number of amides is 5. The fraction of sp³-hybridized carbons (Fsp3) is 0.194. The third kappa shape index (κ3) is 21.4. The predicted octanol–water partition coefficient (Wildman–Crippen LogP) is 11.1. The number of imidazole rings is 1. The van der Waals surface area contributed by atoms with Gasteiger partial charge in [0.05, 0.1) is 116 Å². The van der Waals surface area contributed by atoms with Crippen LogP contribution in [0.2, 0.25) is 0 Å². The second-order valence-corrected chi connectivity index (χ2v) is 34.4. The summed E-state index contributed by atoms with van der Waals surface area (Å²) in [7, 11) is 0. The van der Waals surface area contributed by atoms with Crippen molar-refractivity contribution in [2.24, 2.45) is 0 Å². The van der Waals surface area contributed by atoms with Gasteiger partial charge in [-0.15, -0.1) is 0 Å². The van der Waals surface area contributed by atoms with Crippen LogP contribution < -0.4 is 77.7 Å². The Kier molecular flexibility index (Phi) is 27.9. The normalized spacial score (nSPS) is 14.3. The number of aromatic nitrogens is 21. The number of benzene rings is 5. The monoisotopic (exact) mass is 1940 g/mol. The minimum absolute atomic E-state index is 0.254. The molecule has 25 rings (SSSR count). The average Bonchev–Trinajstić information content (AvgIpc) is 1.67. The molecule has 0 atom stereocenters. The molecule has 5 amide bonds. The maximum Gasteiger partial charge on any atom is 0.276 e. The fourth-order valence-corrected chi connectivity index (χ4v) is 17.9. The summed E-state index contributed by atoms with van der Waals surface area (Å²) in [6, 6.07) is 57.4. The lowest BCUT2D eigenvalue weighted by molar-refractivity contribution is 0.101. The second kappa shape index (κ2) is 43.6. The number of hydrogen-bond donors (Lipinski definition) is 14. The Labute approximate surface area is 828 Å². The molecular formula is C103H102N36O6. The van der Waals surface area contributed by atoms with E-state index in [1.54, 1.807) is 153 Å². The van der Waals surface area contributed by atoms with E-state index < -0.39 is 0 Å². The molecule has 5 fully saturated rings. The molecule has 20 aromatic rings. The first kappa shape index (κ1) is 92.9. The lowest BCUT2D eigenvalue weighted by Crippen LogP contribution is -2.43. The first-order valence-electron chi connectivity index (χ1n) is 47.8. The molecule has 14 N–H and O–H groups in total. The van der Waals surface area contributed by atoms with Gasteiger partial charge in [0.2, 0.25) is 5.95 Å². The van der Waals surface area contributed by atoms with Crippen LogP contribution in [0.1, 0.15) is 52.4 Å². The first-order chi connectivity index (χ1) is 71.4. The predicted molar refractivity (Wildman–Crippen MR) is 557 cm³/mol. The third-order valence-corrected chi connectivity index (χ3v) is 25.2. The Hall–Kier alpha value is -18.4. The van der Waals surface area contributed by atoms with Crippen molar-refractivity contribution < 1.29 is 28.4 Å². The van der Waals surface area contributed by atoms with Gasteiger partial charge in [-0.2, -0.15) is 30.6 Å². The van der Waals surface area contributed by atoms with Crippen LogP contribution in [0, 0.1) is 0 Å². The summed E-state index contributed by atoms with van der Waals surface area (Å²) >= 11 is 0. The van der Waals surface area contributed by atoms with Gasteiger partial charge in [0.25, 0.3) is 29.5 Å². The van der Waals surface area contributed by atoms with Crippen LogP contribution in [0.4, 0.5) is 56.9 Å². The molecule has 5 saturated heterocycles. The van der Waals surface area contributed by atoms with Gasteiger partial charge in [-0.05, 0) is 127 Å². The van der Waals surface area contributed by atoms with E-state index in [-0.39, 0.29) is 29.5 Å². The number of carbonyl (C=O) groups is 5. The number of anilines is 10. The van der Waals surface area contributed by atoms with E-state index in [0.717, 1.165) is 231 Å². The SMILES string of the molecule is O=C(Nc1cnccc1N1CCNCC1)c1ccn(-c2c[nH]c3ccccc23)n1.O=C(Nc1cnccc1N1CCNCC1)c1ccn(-c2ccc3[nH]ccc3c2)n1.O=C(Nc1cnccc1N1CCNCC1)c1ccn(-c2coc3ccccc23)n1.O=C(Nc1cnccc1N1CCNCC1)c1ccn(-c2n[nH]c3ccccc23)n1.O=C(Nc1cnccc1N1CCNCC1)c1ccn(-c2nc3ccccc3[nH]2)n1. The summed E-state index contributed by atoms with van der Waals surface area (Å²) in [6.07, 6.45) is 31.3. The lowest BCUT2D eigenvalue weighted by atomic mass is 10.2. The van der Waals surface area contributed by atoms with Gasteiger partial charge < -0.3 is 97.0 Å². The van der Waals surface area contributed by atoms with Crippen molar-refractivity contribution in [2.75, 3.05) is 182 Å². The highest BCUT2D eigenvalue weighted by molar-refractivity contribution is 6.08. The minimum atomic E-state index is -0.288. The van der Waals surface area contributed by atoms with Crippen molar-refractivity contribution in [3.63, 3.8) is 0 Å². The number of furan rings is 1. The number of pyridine rings is 5. The zero-order valence-electron chi connectivity index (χ0n) is 78.6. The number of rotatable bonds is 20. The summed E-state index contributed by atoms with van der Waals surface area (Å²) < 4.78 is 13.8. The van der Waals surface area contributed by atoms with Crippen molar-refractivity contribution in [1.82, 2.24) is 131 Å². The second-order valence-electron chi connectivity index (χ2n) is 34.4. The van der Waals surface area contributed by atoms with Crippen LogP contribution in [-0.4, -0.2) is 264 Å². The molecule has 42 nitrogen and oxygen atoms in total. The fourth-order valence-electron chi connectivity index (χ4n) is 17.9. The molecule has 0 bridgehead atoms. The number of hydrogen-bond acceptors (Lipinski definition) is 28. The van der Waals surface area contributed by atoms with Crippen LogP contribution in [0.3, 0.4) is 0 Å². The number of H-pyrrole nitrogens is 4. The minimum Gasteiger partial charge on any atom is -0.462 e. The maximum atomic E-state index is 12.8. The number of aromatic amines is 4.